The lowest BCUT2D eigenvalue weighted by molar-refractivity contribution is -0.121. The minimum absolute atomic E-state index is 0.208. The van der Waals surface area contributed by atoms with E-state index in [1.165, 1.54) is 13.1 Å². The number of sulfonamides is 1. The molecule has 6 nitrogen and oxygen atoms in total. The van der Waals surface area contributed by atoms with Crippen molar-refractivity contribution in [3.8, 4) is 0 Å². The molecule has 0 saturated heterocycles. The summed E-state index contributed by atoms with van der Waals surface area (Å²) < 4.78 is 25.4. The summed E-state index contributed by atoms with van der Waals surface area (Å²) in [6.07, 6.45) is -0.0921. The number of carbonyl (C=O) groups excluding carboxylic acids is 1. The van der Waals surface area contributed by atoms with Gasteiger partial charge in [0.2, 0.25) is 5.91 Å². The summed E-state index contributed by atoms with van der Waals surface area (Å²) >= 11 is 1.11. The number of thiophene rings is 1. The molecule has 1 aromatic rings. The summed E-state index contributed by atoms with van der Waals surface area (Å²) in [6.45, 7) is 3.15. The second kappa shape index (κ2) is 7.16. The number of amides is 1. The van der Waals surface area contributed by atoms with Crippen molar-refractivity contribution in [3.05, 3.63) is 17.5 Å². The van der Waals surface area contributed by atoms with Crippen molar-refractivity contribution in [1.29, 1.82) is 0 Å². The zero-order valence-corrected chi connectivity index (χ0v) is 13.4. The molecule has 20 heavy (non-hydrogen) atoms. The molecule has 2 N–H and O–H groups in total. The van der Waals surface area contributed by atoms with Gasteiger partial charge in [0, 0.05) is 13.1 Å². The van der Waals surface area contributed by atoms with Crippen LogP contribution in [-0.2, 0) is 14.8 Å². The van der Waals surface area contributed by atoms with Crippen LogP contribution >= 0.6 is 11.3 Å². The molecule has 0 aliphatic carbocycles. The van der Waals surface area contributed by atoms with Crippen LogP contribution in [0.25, 0.3) is 0 Å². The van der Waals surface area contributed by atoms with Crippen molar-refractivity contribution in [2.24, 2.45) is 0 Å². The molecular formula is C12H20N2O4S2. The Balaban J connectivity index is 2.58. The summed E-state index contributed by atoms with van der Waals surface area (Å²) in [5, 5.41) is 13.5. The number of likely N-dealkylation sites (N-methyl/N-ethyl adjacent to an activating group) is 1. The van der Waals surface area contributed by atoms with E-state index >= 15 is 0 Å². The summed E-state index contributed by atoms with van der Waals surface area (Å²) in [5.74, 6) is -0.388. The Kier molecular flexibility index (Phi) is 6.12. The number of rotatable bonds is 7. The first-order valence-electron chi connectivity index (χ1n) is 6.20. The largest absolute Gasteiger partial charge is 0.393 e. The molecule has 114 valence electrons. The van der Waals surface area contributed by atoms with Gasteiger partial charge in [0.25, 0.3) is 10.0 Å². The topological polar surface area (TPSA) is 86.7 Å². The third kappa shape index (κ3) is 4.86. The normalized spacial score (nSPS) is 15.1. The van der Waals surface area contributed by atoms with E-state index in [4.69, 9.17) is 0 Å². The molecule has 0 aliphatic rings. The monoisotopic (exact) mass is 320 g/mol. The first-order valence-corrected chi connectivity index (χ1v) is 8.52. The van der Waals surface area contributed by atoms with Crippen LogP contribution in [0.1, 0.15) is 20.3 Å². The van der Waals surface area contributed by atoms with Crippen molar-refractivity contribution >= 4 is 27.3 Å². The second-order valence-corrected chi connectivity index (χ2v) is 7.97. The molecule has 2 atom stereocenters. The molecule has 1 heterocycles. The first-order chi connectivity index (χ1) is 9.23. The molecule has 1 amide bonds. The predicted molar refractivity (Wildman–Crippen MR) is 78.0 cm³/mol. The quantitative estimate of drug-likeness (QED) is 0.772. The van der Waals surface area contributed by atoms with Gasteiger partial charge in [-0.05, 0) is 31.7 Å². The third-order valence-corrected chi connectivity index (χ3v) is 5.80. The maximum Gasteiger partial charge on any atom is 0.252 e. The Hall–Kier alpha value is -0.960. The summed E-state index contributed by atoms with van der Waals surface area (Å²) in [4.78, 5) is 11.8. The number of nitrogens with one attached hydrogen (secondary N) is 1. The molecule has 1 aromatic heterocycles. The average molecular weight is 320 g/mol. The standard InChI is InChI=1S/C12H20N2O4S2/c1-9(7-10(2)15)13-11(16)8-14(3)20(17,18)12-5-4-6-19-12/h4-6,9-10,15H,7-8H2,1-3H3,(H,13,16). The maximum atomic E-state index is 12.1. The average Bonchev–Trinajstić information content (AvgIpc) is 2.80. The van der Waals surface area contributed by atoms with Crippen molar-refractivity contribution in [2.45, 2.75) is 36.6 Å². The van der Waals surface area contributed by atoms with Crippen LogP contribution in [0.3, 0.4) is 0 Å². The van der Waals surface area contributed by atoms with E-state index in [-0.39, 0.29) is 22.7 Å². The highest BCUT2D eigenvalue weighted by atomic mass is 32.2. The Morgan fingerprint density at radius 2 is 2.15 bits per heavy atom. The van der Waals surface area contributed by atoms with Gasteiger partial charge < -0.3 is 10.4 Å². The number of hydrogen-bond donors (Lipinski definition) is 2. The third-order valence-electron chi connectivity index (χ3n) is 2.63. The minimum Gasteiger partial charge on any atom is -0.393 e. The van der Waals surface area contributed by atoms with Crippen LogP contribution in [0.5, 0.6) is 0 Å². The lowest BCUT2D eigenvalue weighted by atomic mass is 10.1. The summed E-state index contributed by atoms with van der Waals surface area (Å²) in [5.41, 5.74) is 0. The zero-order chi connectivity index (χ0) is 15.3. The molecule has 0 aromatic carbocycles. The van der Waals surface area contributed by atoms with E-state index in [1.807, 2.05) is 0 Å². The van der Waals surface area contributed by atoms with Gasteiger partial charge in [-0.3, -0.25) is 4.79 Å². The Bertz CT molecular complexity index is 526. The Morgan fingerprint density at radius 1 is 1.50 bits per heavy atom. The smallest absolute Gasteiger partial charge is 0.252 e. The van der Waals surface area contributed by atoms with Crippen molar-refractivity contribution < 1.29 is 18.3 Å². The van der Waals surface area contributed by atoms with Crippen LogP contribution in [0.2, 0.25) is 0 Å². The van der Waals surface area contributed by atoms with E-state index < -0.39 is 16.1 Å². The van der Waals surface area contributed by atoms with Gasteiger partial charge in [0.05, 0.1) is 12.6 Å². The van der Waals surface area contributed by atoms with Crippen LogP contribution in [0.4, 0.5) is 0 Å². The fourth-order valence-corrected chi connectivity index (χ4v) is 4.07. The maximum absolute atomic E-state index is 12.1. The number of carbonyl (C=O) groups is 1. The zero-order valence-electron chi connectivity index (χ0n) is 11.7. The van der Waals surface area contributed by atoms with Gasteiger partial charge in [-0.2, -0.15) is 4.31 Å². The van der Waals surface area contributed by atoms with Crippen molar-refractivity contribution in [2.75, 3.05) is 13.6 Å². The molecule has 1 rings (SSSR count). The number of aliphatic hydroxyl groups is 1. The van der Waals surface area contributed by atoms with E-state index in [9.17, 15) is 18.3 Å². The Morgan fingerprint density at radius 3 is 2.65 bits per heavy atom. The van der Waals surface area contributed by atoms with Crippen LogP contribution in [-0.4, -0.2) is 49.5 Å². The van der Waals surface area contributed by atoms with Gasteiger partial charge >= 0.3 is 0 Å². The molecule has 0 spiro atoms. The molecule has 0 radical (unpaired) electrons. The van der Waals surface area contributed by atoms with Gasteiger partial charge in [-0.25, -0.2) is 8.42 Å². The SMILES string of the molecule is CC(O)CC(C)NC(=O)CN(C)S(=O)(=O)c1cccs1. The highest BCUT2D eigenvalue weighted by molar-refractivity contribution is 7.91. The van der Waals surface area contributed by atoms with E-state index in [0.717, 1.165) is 15.6 Å². The first kappa shape index (κ1) is 17.1. The van der Waals surface area contributed by atoms with Gasteiger partial charge in [0.15, 0.2) is 0 Å². The minimum atomic E-state index is -3.61. The molecule has 0 fully saturated rings. The van der Waals surface area contributed by atoms with Crippen molar-refractivity contribution in [3.63, 3.8) is 0 Å². The second-order valence-electron chi connectivity index (χ2n) is 4.75. The molecule has 2 unspecified atom stereocenters. The van der Waals surface area contributed by atoms with Gasteiger partial charge in [0.1, 0.15) is 4.21 Å². The molecule has 8 heteroatoms. The fourth-order valence-electron chi connectivity index (χ4n) is 1.74. The van der Waals surface area contributed by atoms with E-state index in [0.29, 0.717) is 6.42 Å². The van der Waals surface area contributed by atoms with Crippen molar-refractivity contribution in [1.82, 2.24) is 9.62 Å². The Labute approximate surface area is 123 Å². The number of nitrogens with zero attached hydrogens (tertiary/aromatic N) is 1. The summed E-state index contributed by atoms with van der Waals surface area (Å²) in [6, 6.07) is 2.95. The lowest BCUT2D eigenvalue weighted by Gasteiger charge is -2.19. The fraction of sp³-hybridized carbons (Fsp3) is 0.583. The summed E-state index contributed by atoms with van der Waals surface area (Å²) in [7, 11) is -2.24. The van der Waals surface area contributed by atoms with Gasteiger partial charge in [-0.1, -0.05) is 6.07 Å². The lowest BCUT2D eigenvalue weighted by Crippen LogP contribution is -2.42. The molecule has 0 bridgehead atoms. The van der Waals surface area contributed by atoms with E-state index in [1.54, 1.807) is 25.3 Å². The molecular weight excluding hydrogens is 300 g/mol. The predicted octanol–water partition coefficient (Wildman–Crippen LogP) is 0.644. The highest BCUT2D eigenvalue weighted by Gasteiger charge is 2.24. The number of hydrogen-bond acceptors (Lipinski definition) is 5. The number of aliphatic hydroxyl groups excluding tert-OH is 1. The van der Waals surface area contributed by atoms with Crippen LogP contribution in [0, 0.1) is 0 Å². The van der Waals surface area contributed by atoms with Crippen LogP contribution < -0.4 is 5.32 Å². The highest BCUT2D eigenvalue weighted by Crippen LogP contribution is 2.19. The van der Waals surface area contributed by atoms with Gasteiger partial charge in [-0.15, -0.1) is 11.3 Å². The molecule has 0 saturated carbocycles. The molecule has 0 aliphatic heterocycles. The van der Waals surface area contributed by atoms with E-state index in [2.05, 4.69) is 5.32 Å². The van der Waals surface area contributed by atoms with Crippen LogP contribution in [0.15, 0.2) is 21.7 Å².